The molecule has 11 heteroatoms. The van der Waals surface area contributed by atoms with Gasteiger partial charge < -0.3 is 14.5 Å². The van der Waals surface area contributed by atoms with Gasteiger partial charge in [0.05, 0.1) is 0 Å². The Kier molecular flexibility index (Phi) is 5.22. The van der Waals surface area contributed by atoms with Crippen LogP contribution in [0.1, 0.15) is 35.4 Å². The van der Waals surface area contributed by atoms with Crippen molar-refractivity contribution in [1.29, 1.82) is 0 Å². The molecule has 0 aliphatic carbocycles. The summed E-state index contributed by atoms with van der Waals surface area (Å²) in [4.78, 5) is 28.2. The highest BCUT2D eigenvalue weighted by atomic mass is 32.2. The van der Waals surface area contributed by atoms with Crippen molar-refractivity contribution >= 4 is 21.7 Å². The Morgan fingerprint density at radius 2 is 2.11 bits per heavy atom. The van der Waals surface area contributed by atoms with Crippen LogP contribution in [0.5, 0.6) is 0 Å². The van der Waals surface area contributed by atoms with Gasteiger partial charge in [-0.15, -0.1) is 0 Å². The molecule has 0 saturated carbocycles. The van der Waals surface area contributed by atoms with Gasteiger partial charge >= 0.3 is 5.97 Å². The van der Waals surface area contributed by atoms with Gasteiger partial charge in [-0.1, -0.05) is 5.16 Å². The monoisotopic (exact) mass is 397 g/mol. The summed E-state index contributed by atoms with van der Waals surface area (Å²) in [7, 11) is -4.18. The van der Waals surface area contributed by atoms with E-state index in [4.69, 9.17) is 0 Å². The zero-order valence-electron chi connectivity index (χ0n) is 14.0. The first-order valence-electron chi connectivity index (χ1n) is 8.11. The molecule has 0 radical (unpaired) electrons. The summed E-state index contributed by atoms with van der Waals surface area (Å²) < 4.78 is 43.5. The molecule has 2 aromatic rings. The fraction of sp³-hybridized carbons (Fsp3) is 0.375. The van der Waals surface area contributed by atoms with Gasteiger partial charge in [0.25, 0.3) is 5.91 Å². The van der Waals surface area contributed by atoms with Crippen LogP contribution in [-0.2, 0) is 20.4 Å². The fourth-order valence-corrected chi connectivity index (χ4v) is 4.27. The second-order valence-corrected chi connectivity index (χ2v) is 8.06. The SMILES string of the molecule is O=C(O)[C@H]1CCCCN1C(=O)c1ccc(F)c(S(=O)(=O)Cc2ncon2)c1. The Bertz CT molecular complexity index is 961. The van der Waals surface area contributed by atoms with Gasteiger partial charge in [-0.25, -0.2) is 17.6 Å². The van der Waals surface area contributed by atoms with E-state index in [1.165, 1.54) is 4.90 Å². The summed E-state index contributed by atoms with van der Waals surface area (Å²) in [5.74, 6) is -3.65. The molecule has 1 aliphatic heterocycles. The molecule has 1 aromatic carbocycles. The van der Waals surface area contributed by atoms with Crippen molar-refractivity contribution in [3.8, 4) is 0 Å². The Morgan fingerprint density at radius 3 is 2.78 bits per heavy atom. The van der Waals surface area contributed by atoms with Gasteiger partial charge in [-0.2, -0.15) is 4.98 Å². The summed E-state index contributed by atoms with van der Waals surface area (Å²) in [6.45, 7) is 0.234. The zero-order chi connectivity index (χ0) is 19.6. The van der Waals surface area contributed by atoms with Crippen LogP contribution >= 0.6 is 0 Å². The van der Waals surface area contributed by atoms with Gasteiger partial charge in [0.2, 0.25) is 6.39 Å². The lowest BCUT2D eigenvalue weighted by Crippen LogP contribution is -2.48. The second-order valence-electron chi connectivity index (χ2n) is 6.10. The number of carboxylic acid groups (broad SMARTS) is 1. The van der Waals surface area contributed by atoms with Gasteiger partial charge in [0.15, 0.2) is 15.7 Å². The highest BCUT2D eigenvalue weighted by Crippen LogP contribution is 2.24. The molecule has 1 saturated heterocycles. The maximum Gasteiger partial charge on any atom is 0.326 e. The molecule has 27 heavy (non-hydrogen) atoms. The molecule has 1 atom stereocenters. The number of carboxylic acids is 1. The molecular weight excluding hydrogens is 381 g/mol. The fourth-order valence-electron chi connectivity index (χ4n) is 2.98. The molecule has 1 aromatic heterocycles. The van der Waals surface area contributed by atoms with E-state index in [-0.39, 0.29) is 17.9 Å². The number of hydrogen-bond donors (Lipinski definition) is 1. The normalized spacial score (nSPS) is 17.7. The topological polar surface area (TPSA) is 131 Å². The number of carbonyl (C=O) groups excluding carboxylic acids is 1. The van der Waals surface area contributed by atoms with Crippen molar-refractivity contribution in [1.82, 2.24) is 15.0 Å². The van der Waals surface area contributed by atoms with Crippen molar-refractivity contribution in [2.75, 3.05) is 6.54 Å². The van der Waals surface area contributed by atoms with Crippen molar-refractivity contribution < 1.29 is 32.0 Å². The third-order valence-corrected chi connectivity index (χ3v) is 5.91. The number of halogens is 1. The minimum atomic E-state index is -4.18. The molecular formula is C16H16FN3O6S. The first-order valence-corrected chi connectivity index (χ1v) is 9.76. The second kappa shape index (κ2) is 7.43. The lowest BCUT2D eigenvalue weighted by molar-refractivity contribution is -0.143. The molecule has 1 amide bonds. The number of nitrogens with zero attached hydrogens (tertiary/aromatic N) is 3. The lowest BCUT2D eigenvalue weighted by Gasteiger charge is -2.33. The number of sulfone groups is 1. The smallest absolute Gasteiger partial charge is 0.326 e. The predicted molar refractivity (Wildman–Crippen MR) is 87.9 cm³/mol. The van der Waals surface area contributed by atoms with Crippen LogP contribution < -0.4 is 0 Å². The molecule has 1 N–H and O–H groups in total. The molecule has 1 aliphatic rings. The van der Waals surface area contributed by atoms with E-state index in [1.54, 1.807) is 0 Å². The maximum absolute atomic E-state index is 14.1. The minimum Gasteiger partial charge on any atom is -0.480 e. The molecule has 0 unspecified atom stereocenters. The maximum atomic E-state index is 14.1. The first kappa shape index (κ1) is 19.0. The zero-order valence-corrected chi connectivity index (χ0v) is 14.9. The molecule has 0 bridgehead atoms. The van der Waals surface area contributed by atoms with Crippen LogP contribution in [0, 0.1) is 5.82 Å². The Morgan fingerprint density at radius 1 is 1.33 bits per heavy atom. The molecule has 1 fully saturated rings. The molecule has 3 rings (SSSR count). The third kappa shape index (κ3) is 3.97. The average Bonchev–Trinajstić information content (AvgIpc) is 3.13. The minimum absolute atomic E-state index is 0.101. The van der Waals surface area contributed by atoms with E-state index in [0.29, 0.717) is 19.3 Å². The third-order valence-electron chi connectivity index (χ3n) is 4.29. The standard InChI is InChI=1S/C16H16FN3O6S/c17-11-5-4-10(15(21)20-6-2-1-3-12(20)16(22)23)7-13(11)27(24,25)8-14-18-9-26-19-14/h4-5,7,9,12H,1-3,6,8H2,(H,22,23)/t12-/m1/s1. The van der Waals surface area contributed by atoms with Crippen molar-refractivity contribution in [3.05, 3.63) is 41.8 Å². The molecule has 0 spiro atoms. The van der Waals surface area contributed by atoms with E-state index in [2.05, 4.69) is 14.7 Å². The number of carbonyl (C=O) groups is 2. The summed E-state index contributed by atoms with van der Waals surface area (Å²) in [6.07, 6.45) is 2.57. The molecule has 144 valence electrons. The number of amides is 1. The number of piperidine rings is 1. The molecule has 2 heterocycles. The van der Waals surface area contributed by atoms with Gasteiger partial charge in [-0.3, -0.25) is 4.79 Å². The van der Waals surface area contributed by atoms with E-state index in [9.17, 15) is 27.5 Å². The number of likely N-dealkylation sites (tertiary alicyclic amines) is 1. The Labute approximate surface area is 153 Å². The van der Waals surface area contributed by atoms with Crippen LogP contribution in [0.15, 0.2) is 34.0 Å². The summed E-state index contributed by atoms with van der Waals surface area (Å²) >= 11 is 0. The van der Waals surface area contributed by atoms with E-state index >= 15 is 0 Å². The predicted octanol–water partition coefficient (Wildman–Crippen LogP) is 1.26. The van der Waals surface area contributed by atoms with E-state index in [1.807, 2.05) is 0 Å². The highest BCUT2D eigenvalue weighted by Gasteiger charge is 2.33. The van der Waals surface area contributed by atoms with Crippen molar-refractivity contribution in [3.63, 3.8) is 0 Å². The summed E-state index contributed by atoms with van der Waals surface area (Å²) in [5.41, 5.74) is -0.101. The first-order chi connectivity index (χ1) is 12.8. The average molecular weight is 397 g/mol. The Hall–Kier alpha value is -2.82. The Balaban J connectivity index is 1.92. The van der Waals surface area contributed by atoms with Crippen molar-refractivity contribution in [2.24, 2.45) is 0 Å². The number of benzene rings is 1. The molecule has 9 nitrogen and oxygen atoms in total. The van der Waals surface area contributed by atoms with Crippen LogP contribution in [-0.4, -0.2) is 53.0 Å². The van der Waals surface area contributed by atoms with Gasteiger partial charge in [0.1, 0.15) is 22.5 Å². The van der Waals surface area contributed by atoms with Crippen LogP contribution in [0.3, 0.4) is 0 Å². The largest absolute Gasteiger partial charge is 0.480 e. The van der Waals surface area contributed by atoms with E-state index in [0.717, 1.165) is 24.6 Å². The number of aromatic nitrogens is 2. The lowest BCUT2D eigenvalue weighted by atomic mass is 10.0. The van der Waals surface area contributed by atoms with Crippen LogP contribution in [0.2, 0.25) is 0 Å². The summed E-state index contributed by atoms with van der Waals surface area (Å²) in [5, 5.41) is 12.7. The highest BCUT2D eigenvalue weighted by molar-refractivity contribution is 7.90. The van der Waals surface area contributed by atoms with Gasteiger partial charge in [-0.05, 0) is 37.5 Å². The quantitative estimate of drug-likeness (QED) is 0.798. The summed E-state index contributed by atoms with van der Waals surface area (Å²) in [6, 6.07) is 1.94. The van der Waals surface area contributed by atoms with Crippen molar-refractivity contribution in [2.45, 2.75) is 36.0 Å². The number of hydrogen-bond acceptors (Lipinski definition) is 7. The van der Waals surface area contributed by atoms with Gasteiger partial charge in [0, 0.05) is 12.1 Å². The van der Waals surface area contributed by atoms with Crippen LogP contribution in [0.25, 0.3) is 0 Å². The number of rotatable bonds is 5. The number of aliphatic carboxylic acids is 1. The van der Waals surface area contributed by atoms with Crippen LogP contribution in [0.4, 0.5) is 4.39 Å². The van der Waals surface area contributed by atoms with E-state index < -0.39 is 44.2 Å².